The van der Waals surface area contributed by atoms with Crippen molar-refractivity contribution in [3.63, 3.8) is 0 Å². The Kier molecular flexibility index (Phi) is 4.91. The van der Waals surface area contributed by atoms with E-state index in [1.54, 1.807) is 6.92 Å². The zero-order valence-corrected chi connectivity index (χ0v) is 7.05. The first-order valence-corrected chi connectivity index (χ1v) is 3.76. The average molecular weight is 176 g/mol. The molecule has 0 saturated heterocycles. The minimum Gasteiger partial charge on any atom is -0.390 e. The van der Waals surface area contributed by atoms with Crippen molar-refractivity contribution in [2.24, 2.45) is 22.4 Å². The molecule has 0 aliphatic rings. The van der Waals surface area contributed by atoms with E-state index >= 15 is 0 Å². The van der Waals surface area contributed by atoms with Crippen LogP contribution in [-0.4, -0.2) is 35.9 Å². The van der Waals surface area contributed by atoms with Crippen LogP contribution in [0, 0.1) is 4.91 Å². The van der Waals surface area contributed by atoms with Gasteiger partial charge in [0.2, 0.25) is 0 Å². The van der Waals surface area contributed by atoms with Gasteiger partial charge in [-0.25, -0.2) is 0 Å². The second-order valence-electron chi connectivity index (χ2n) is 2.84. The van der Waals surface area contributed by atoms with Gasteiger partial charge in [-0.3, -0.25) is 0 Å². The van der Waals surface area contributed by atoms with Gasteiger partial charge in [-0.1, -0.05) is 5.18 Å². The van der Waals surface area contributed by atoms with Gasteiger partial charge < -0.3 is 22.3 Å². The maximum absolute atomic E-state index is 10.2. The van der Waals surface area contributed by atoms with Crippen LogP contribution in [0.25, 0.3) is 0 Å². The van der Waals surface area contributed by atoms with E-state index in [-0.39, 0.29) is 6.54 Å². The standard InChI is InChI=1S/C6H16N4O2/c1-3(8)6(10-12)5(9)4(11)2-7/h3-6,11H,2,7-9H2,1H3. The van der Waals surface area contributed by atoms with E-state index in [4.69, 9.17) is 17.2 Å². The van der Waals surface area contributed by atoms with Crippen molar-refractivity contribution in [3.8, 4) is 0 Å². The lowest BCUT2D eigenvalue weighted by molar-refractivity contribution is 0.136. The molecule has 4 unspecified atom stereocenters. The van der Waals surface area contributed by atoms with Gasteiger partial charge in [-0.05, 0) is 6.92 Å². The number of nitrogens with two attached hydrogens (primary N) is 3. The highest BCUT2D eigenvalue weighted by Crippen LogP contribution is 2.04. The molecule has 72 valence electrons. The SMILES string of the molecule is CC(N)C(N=O)C(N)C(O)CN. The lowest BCUT2D eigenvalue weighted by Gasteiger charge is -2.23. The van der Waals surface area contributed by atoms with Crippen molar-refractivity contribution >= 4 is 0 Å². The number of rotatable bonds is 5. The Morgan fingerprint density at radius 2 is 2.00 bits per heavy atom. The van der Waals surface area contributed by atoms with Crippen molar-refractivity contribution in [2.75, 3.05) is 6.54 Å². The van der Waals surface area contributed by atoms with Crippen LogP contribution in [0.15, 0.2) is 5.18 Å². The molecule has 0 aromatic rings. The smallest absolute Gasteiger partial charge is 0.124 e. The molecule has 0 aromatic heterocycles. The maximum Gasteiger partial charge on any atom is 0.124 e. The van der Waals surface area contributed by atoms with Crippen molar-refractivity contribution in [2.45, 2.75) is 31.2 Å². The Morgan fingerprint density at radius 3 is 2.25 bits per heavy atom. The first-order valence-electron chi connectivity index (χ1n) is 3.76. The molecule has 6 heteroatoms. The zero-order valence-electron chi connectivity index (χ0n) is 7.05. The van der Waals surface area contributed by atoms with Gasteiger partial charge in [-0.2, -0.15) is 4.91 Å². The van der Waals surface area contributed by atoms with E-state index in [0.29, 0.717) is 0 Å². The number of aliphatic hydroxyl groups is 1. The predicted octanol–water partition coefficient (Wildman–Crippen LogP) is -1.88. The molecule has 0 heterocycles. The van der Waals surface area contributed by atoms with Crippen molar-refractivity contribution in [1.82, 2.24) is 0 Å². The van der Waals surface area contributed by atoms with Crippen LogP contribution in [0.4, 0.5) is 0 Å². The third-order valence-electron chi connectivity index (χ3n) is 1.74. The highest BCUT2D eigenvalue weighted by atomic mass is 16.3. The molecule has 0 fully saturated rings. The topological polar surface area (TPSA) is 128 Å². The maximum atomic E-state index is 10.2. The van der Waals surface area contributed by atoms with Gasteiger partial charge in [0.15, 0.2) is 0 Å². The van der Waals surface area contributed by atoms with Crippen LogP contribution in [0.3, 0.4) is 0 Å². The van der Waals surface area contributed by atoms with Gasteiger partial charge in [0.05, 0.1) is 12.1 Å². The molecular weight excluding hydrogens is 160 g/mol. The highest BCUT2D eigenvalue weighted by Gasteiger charge is 2.27. The summed E-state index contributed by atoms with van der Waals surface area (Å²) in [7, 11) is 0. The molecule has 0 aliphatic heterocycles. The number of aliphatic hydroxyl groups excluding tert-OH is 1. The lowest BCUT2D eigenvalue weighted by atomic mass is 9.99. The molecule has 0 amide bonds. The van der Waals surface area contributed by atoms with Gasteiger partial charge in [-0.15, -0.1) is 0 Å². The highest BCUT2D eigenvalue weighted by molar-refractivity contribution is 4.90. The van der Waals surface area contributed by atoms with E-state index in [1.807, 2.05) is 0 Å². The van der Waals surface area contributed by atoms with Gasteiger partial charge in [0.25, 0.3) is 0 Å². The van der Waals surface area contributed by atoms with E-state index in [9.17, 15) is 10.0 Å². The van der Waals surface area contributed by atoms with Gasteiger partial charge >= 0.3 is 0 Å². The summed E-state index contributed by atoms with van der Waals surface area (Å²) in [5.41, 5.74) is 16.0. The molecular formula is C6H16N4O2. The van der Waals surface area contributed by atoms with Crippen molar-refractivity contribution < 1.29 is 5.11 Å². The molecule has 12 heavy (non-hydrogen) atoms. The molecule has 0 spiro atoms. The van der Waals surface area contributed by atoms with E-state index < -0.39 is 24.2 Å². The van der Waals surface area contributed by atoms with E-state index in [2.05, 4.69) is 5.18 Å². The summed E-state index contributed by atoms with van der Waals surface area (Å²) in [6.45, 7) is 1.61. The largest absolute Gasteiger partial charge is 0.390 e. The monoisotopic (exact) mass is 176 g/mol. The van der Waals surface area contributed by atoms with Gasteiger partial charge in [0.1, 0.15) is 6.04 Å². The van der Waals surface area contributed by atoms with E-state index in [0.717, 1.165) is 0 Å². The summed E-state index contributed by atoms with van der Waals surface area (Å²) >= 11 is 0. The number of hydrogen-bond donors (Lipinski definition) is 4. The second-order valence-corrected chi connectivity index (χ2v) is 2.84. The van der Waals surface area contributed by atoms with Crippen molar-refractivity contribution in [1.29, 1.82) is 0 Å². The molecule has 0 rings (SSSR count). The first-order chi connectivity index (χ1) is 5.54. The van der Waals surface area contributed by atoms with Crippen LogP contribution in [-0.2, 0) is 0 Å². The number of nitrogens with zero attached hydrogens (tertiary/aromatic N) is 1. The van der Waals surface area contributed by atoms with E-state index in [1.165, 1.54) is 0 Å². The molecule has 0 aliphatic carbocycles. The van der Waals surface area contributed by atoms with Crippen molar-refractivity contribution in [3.05, 3.63) is 4.91 Å². The minimum atomic E-state index is -0.932. The van der Waals surface area contributed by atoms with Crippen LogP contribution < -0.4 is 17.2 Å². The number of nitroso groups, excluding NO2 is 1. The van der Waals surface area contributed by atoms with Crippen LogP contribution >= 0.6 is 0 Å². The third kappa shape index (κ3) is 2.82. The summed E-state index contributed by atoms with van der Waals surface area (Å²) in [6.07, 6.45) is -0.932. The minimum absolute atomic E-state index is 0.0000926. The summed E-state index contributed by atoms with van der Waals surface area (Å²) < 4.78 is 0. The summed E-state index contributed by atoms with van der Waals surface area (Å²) in [4.78, 5) is 10.2. The Morgan fingerprint density at radius 1 is 1.50 bits per heavy atom. The molecule has 4 atom stereocenters. The molecule has 0 bridgehead atoms. The molecule has 0 aromatic carbocycles. The molecule has 6 nitrogen and oxygen atoms in total. The Labute approximate surface area is 71.1 Å². The average Bonchev–Trinajstić information content (AvgIpc) is 2.03. The summed E-state index contributed by atoms with van der Waals surface area (Å²) in [5.74, 6) is 0. The normalized spacial score (nSPS) is 21.1. The summed E-state index contributed by atoms with van der Waals surface area (Å²) in [6, 6.07) is -2.05. The fourth-order valence-electron chi connectivity index (χ4n) is 0.902. The molecule has 0 saturated carbocycles. The predicted molar refractivity (Wildman–Crippen MR) is 46.3 cm³/mol. The Bertz CT molecular complexity index is 142. The second kappa shape index (κ2) is 5.15. The fourth-order valence-corrected chi connectivity index (χ4v) is 0.902. The molecule has 7 N–H and O–H groups in total. The Balaban J connectivity index is 4.20. The van der Waals surface area contributed by atoms with Crippen LogP contribution in [0.2, 0.25) is 0 Å². The first kappa shape index (κ1) is 11.4. The quantitative estimate of drug-likeness (QED) is 0.364. The number of hydrogen-bond acceptors (Lipinski definition) is 6. The zero-order chi connectivity index (χ0) is 9.72. The lowest BCUT2D eigenvalue weighted by Crippen LogP contribution is -2.53. The fraction of sp³-hybridized carbons (Fsp3) is 1.00. The van der Waals surface area contributed by atoms with Gasteiger partial charge in [0, 0.05) is 12.6 Å². The van der Waals surface area contributed by atoms with Crippen LogP contribution in [0.1, 0.15) is 6.92 Å². The Hall–Kier alpha value is -0.560. The summed E-state index contributed by atoms with van der Waals surface area (Å²) in [5, 5.41) is 11.9. The molecule has 0 radical (unpaired) electrons. The van der Waals surface area contributed by atoms with Crippen LogP contribution in [0.5, 0.6) is 0 Å². The third-order valence-corrected chi connectivity index (χ3v) is 1.74.